The Hall–Kier alpha value is -2.27. The van der Waals surface area contributed by atoms with Crippen LogP contribution < -0.4 is 0 Å². The van der Waals surface area contributed by atoms with Gasteiger partial charge in [0.05, 0.1) is 11.0 Å². The summed E-state index contributed by atoms with van der Waals surface area (Å²) in [7, 11) is 0. The summed E-state index contributed by atoms with van der Waals surface area (Å²) in [6.45, 7) is 5.75. The first-order valence-electron chi connectivity index (χ1n) is 9.17. The Bertz CT molecular complexity index is 841. The molecule has 0 fully saturated rings. The summed E-state index contributed by atoms with van der Waals surface area (Å²) in [5.74, 6) is 0.842. The lowest BCUT2D eigenvalue weighted by Crippen LogP contribution is -2.32. The van der Waals surface area contributed by atoms with E-state index in [0.717, 1.165) is 53.2 Å². The first-order valence-corrected chi connectivity index (χ1v) is 10.2. The van der Waals surface area contributed by atoms with E-state index in [9.17, 15) is 4.79 Å². The standard InChI is InChI=1S/C21H25N3OS/c1-3-5-14-24(4-2)20(25)17-11-7-6-10-16(17)15-26-21-22-18-12-8-9-13-19(18)23-21/h6-13H,3-5,14-15H2,1-2H3,(H,22,23). The number of thioether (sulfide) groups is 1. The van der Waals surface area contributed by atoms with Gasteiger partial charge in [0, 0.05) is 24.4 Å². The first-order chi connectivity index (χ1) is 12.7. The average Bonchev–Trinajstić information content (AvgIpc) is 3.10. The second kappa shape index (κ2) is 8.90. The molecule has 0 radical (unpaired) electrons. The van der Waals surface area contributed by atoms with Crippen LogP contribution in [0.4, 0.5) is 0 Å². The van der Waals surface area contributed by atoms with Crippen LogP contribution in [0.5, 0.6) is 0 Å². The van der Waals surface area contributed by atoms with Crippen molar-refractivity contribution in [2.75, 3.05) is 13.1 Å². The highest BCUT2D eigenvalue weighted by Gasteiger charge is 2.17. The Labute approximate surface area is 159 Å². The number of aromatic amines is 1. The lowest BCUT2D eigenvalue weighted by molar-refractivity contribution is 0.0761. The third kappa shape index (κ3) is 4.28. The van der Waals surface area contributed by atoms with Crippen molar-refractivity contribution < 1.29 is 4.79 Å². The fraction of sp³-hybridized carbons (Fsp3) is 0.333. The minimum atomic E-state index is 0.127. The van der Waals surface area contributed by atoms with Crippen molar-refractivity contribution in [2.24, 2.45) is 0 Å². The number of para-hydroxylation sites is 2. The van der Waals surface area contributed by atoms with Gasteiger partial charge >= 0.3 is 0 Å². The number of hydrogen-bond acceptors (Lipinski definition) is 3. The Morgan fingerprint density at radius 1 is 1.12 bits per heavy atom. The molecule has 3 aromatic rings. The highest BCUT2D eigenvalue weighted by molar-refractivity contribution is 7.98. The van der Waals surface area contributed by atoms with Gasteiger partial charge in [-0.05, 0) is 37.1 Å². The molecule has 0 saturated carbocycles. The van der Waals surface area contributed by atoms with Crippen molar-refractivity contribution in [3.05, 3.63) is 59.7 Å². The van der Waals surface area contributed by atoms with E-state index in [1.807, 2.05) is 60.4 Å². The van der Waals surface area contributed by atoms with Crippen LogP contribution in [0.25, 0.3) is 11.0 Å². The molecule has 0 unspecified atom stereocenters. The summed E-state index contributed by atoms with van der Waals surface area (Å²) in [6.07, 6.45) is 2.13. The highest BCUT2D eigenvalue weighted by Crippen LogP contribution is 2.25. The van der Waals surface area contributed by atoms with Crippen LogP contribution in [0.2, 0.25) is 0 Å². The maximum absolute atomic E-state index is 12.9. The Morgan fingerprint density at radius 2 is 1.88 bits per heavy atom. The number of unbranched alkanes of at least 4 members (excludes halogenated alkanes) is 1. The SMILES string of the molecule is CCCCN(CC)C(=O)c1ccccc1CSc1nc2ccccc2[nH]1. The van der Waals surface area contributed by atoms with Gasteiger partial charge in [0.1, 0.15) is 0 Å². The zero-order chi connectivity index (χ0) is 18.4. The van der Waals surface area contributed by atoms with Crippen LogP contribution >= 0.6 is 11.8 Å². The lowest BCUT2D eigenvalue weighted by Gasteiger charge is -2.22. The van der Waals surface area contributed by atoms with Crippen LogP contribution in [-0.4, -0.2) is 33.9 Å². The number of carbonyl (C=O) groups excluding carboxylic acids is 1. The number of rotatable bonds is 8. The summed E-state index contributed by atoms with van der Waals surface area (Å²) in [5, 5.41) is 0.881. The van der Waals surface area contributed by atoms with E-state index in [1.165, 1.54) is 0 Å². The molecule has 1 N–H and O–H groups in total. The fourth-order valence-corrected chi connectivity index (χ4v) is 3.81. The number of imidazole rings is 1. The van der Waals surface area contributed by atoms with E-state index >= 15 is 0 Å². The summed E-state index contributed by atoms with van der Waals surface area (Å²) < 4.78 is 0. The molecule has 0 aliphatic rings. The van der Waals surface area contributed by atoms with Crippen molar-refractivity contribution in [1.29, 1.82) is 0 Å². The zero-order valence-corrected chi connectivity index (χ0v) is 16.2. The smallest absolute Gasteiger partial charge is 0.254 e. The Morgan fingerprint density at radius 3 is 2.65 bits per heavy atom. The van der Waals surface area contributed by atoms with Crippen LogP contribution in [0.15, 0.2) is 53.7 Å². The third-order valence-electron chi connectivity index (χ3n) is 4.43. The number of nitrogens with zero attached hydrogens (tertiary/aromatic N) is 2. The van der Waals surface area contributed by atoms with Crippen LogP contribution in [-0.2, 0) is 5.75 Å². The first kappa shape index (κ1) is 18.5. The topological polar surface area (TPSA) is 49.0 Å². The van der Waals surface area contributed by atoms with E-state index in [-0.39, 0.29) is 5.91 Å². The molecule has 0 atom stereocenters. The van der Waals surface area contributed by atoms with Gasteiger partial charge in [0.25, 0.3) is 5.91 Å². The molecule has 0 spiro atoms. The van der Waals surface area contributed by atoms with E-state index in [2.05, 4.69) is 16.9 Å². The molecule has 1 amide bonds. The molecule has 0 aliphatic heterocycles. The minimum Gasteiger partial charge on any atom is -0.339 e. The van der Waals surface area contributed by atoms with Gasteiger partial charge in [-0.3, -0.25) is 4.79 Å². The third-order valence-corrected chi connectivity index (χ3v) is 5.35. The van der Waals surface area contributed by atoms with Gasteiger partial charge < -0.3 is 9.88 Å². The maximum Gasteiger partial charge on any atom is 0.254 e. The molecule has 3 rings (SSSR count). The molecule has 26 heavy (non-hydrogen) atoms. The van der Waals surface area contributed by atoms with Crippen molar-refractivity contribution in [3.8, 4) is 0 Å². The average molecular weight is 368 g/mol. The minimum absolute atomic E-state index is 0.127. The van der Waals surface area contributed by atoms with Gasteiger partial charge in [-0.2, -0.15) is 0 Å². The summed E-state index contributed by atoms with van der Waals surface area (Å²) >= 11 is 1.63. The molecule has 0 bridgehead atoms. The zero-order valence-electron chi connectivity index (χ0n) is 15.4. The van der Waals surface area contributed by atoms with E-state index < -0.39 is 0 Å². The normalized spacial score (nSPS) is 11.0. The van der Waals surface area contributed by atoms with E-state index in [4.69, 9.17) is 0 Å². The van der Waals surface area contributed by atoms with Crippen molar-refractivity contribution >= 4 is 28.7 Å². The number of aromatic nitrogens is 2. The lowest BCUT2D eigenvalue weighted by atomic mass is 10.1. The molecule has 5 heteroatoms. The number of nitrogens with one attached hydrogen (secondary N) is 1. The molecule has 1 aromatic heterocycles. The second-order valence-corrected chi connectivity index (χ2v) is 7.21. The molecule has 0 saturated heterocycles. The molecular formula is C21H25N3OS. The number of hydrogen-bond donors (Lipinski definition) is 1. The molecular weight excluding hydrogens is 342 g/mol. The van der Waals surface area contributed by atoms with Gasteiger partial charge in [0.2, 0.25) is 0 Å². The second-order valence-electron chi connectivity index (χ2n) is 6.24. The van der Waals surface area contributed by atoms with Crippen LogP contribution in [0.3, 0.4) is 0 Å². The Kier molecular flexibility index (Phi) is 6.34. The molecule has 136 valence electrons. The van der Waals surface area contributed by atoms with Gasteiger partial charge in [-0.15, -0.1) is 0 Å². The van der Waals surface area contributed by atoms with Crippen molar-refractivity contribution in [3.63, 3.8) is 0 Å². The number of amides is 1. The monoisotopic (exact) mass is 367 g/mol. The summed E-state index contributed by atoms with van der Waals surface area (Å²) in [5.41, 5.74) is 3.86. The predicted molar refractivity (Wildman–Crippen MR) is 109 cm³/mol. The molecule has 4 nitrogen and oxygen atoms in total. The van der Waals surface area contributed by atoms with Gasteiger partial charge in [-0.1, -0.05) is 55.4 Å². The summed E-state index contributed by atoms with van der Waals surface area (Å²) in [4.78, 5) is 22.8. The van der Waals surface area contributed by atoms with E-state index in [1.54, 1.807) is 11.8 Å². The predicted octanol–water partition coefficient (Wildman–Crippen LogP) is 5.12. The molecule has 1 heterocycles. The van der Waals surface area contributed by atoms with Crippen molar-refractivity contribution in [2.45, 2.75) is 37.6 Å². The quantitative estimate of drug-likeness (QED) is 0.562. The van der Waals surface area contributed by atoms with Gasteiger partial charge in [-0.25, -0.2) is 4.98 Å². The number of fused-ring (bicyclic) bond motifs is 1. The fourth-order valence-electron chi connectivity index (χ4n) is 2.92. The van der Waals surface area contributed by atoms with Crippen molar-refractivity contribution in [1.82, 2.24) is 14.9 Å². The molecule has 0 aliphatic carbocycles. The Balaban J connectivity index is 1.75. The van der Waals surface area contributed by atoms with Crippen LogP contribution in [0, 0.1) is 0 Å². The van der Waals surface area contributed by atoms with Crippen LogP contribution in [0.1, 0.15) is 42.6 Å². The number of H-pyrrole nitrogens is 1. The highest BCUT2D eigenvalue weighted by atomic mass is 32.2. The number of benzene rings is 2. The maximum atomic E-state index is 12.9. The number of carbonyl (C=O) groups is 1. The summed E-state index contributed by atoms with van der Waals surface area (Å²) in [6, 6.07) is 15.9. The largest absolute Gasteiger partial charge is 0.339 e. The van der Waals surface area contributed by atoms with Gasteiger partial charge in [0.15, 0.2) is 5.16 Å². The molecule has 2 aromatic carbocycles. The van der Waals surface area contributed by atoms with E-state index in [0.29, 0.717) is 5.75 Å².